The second kappa shape index (κ2) is 9.52. The molecule has 1 heterocycles. The topological polar surface area (TPSA) is 69.0 Å². The van der Waals surface area contributed by atoms with Gasteiger partial charge in [0.05, 0.1) is 17.3 Å². The molecule has 10 heteroatoms. The number of benzene rings is 2. The quantitative estimate of drug-likeness (QED) is 0.523. The minimum atomic E-state index is -0.322. The summed E-state index contributed by atoms with van der Waals surface area (Å²) < 4.78 is 7.27. The van der Waals surface area contributed by atoms with E-state index in [0.717, 1.165) is 5.69 Å². The Kier molecular flexibility index (Phi) is 7.07. The van der Waals surface area contributed by atoms with Gasteiger partial charge in [-0.3, -0.25) is 9.36 Å². The van der Waals surface area contributed by atoms with Crippen LogP contribution in [-0.4, -0.2) is 33.5 Å². The maximum atomic E-state index is 12.2. The predicted octanol–water partition coefficient (Wildman–Crippen LogP) is 4.64. The van der Waals surface area contributed by atoms with E-state index in [2.05, 4.69) is 15.5 Å². The van der Waals surface area contributed by atoms with Crippen LogP contribution in [0.1, 0.15) is 5.82 Å². The Morgan fingerprint density at radius 3 is 2.64 bits per heavy atom. The van der Waals surface area contributed by atoms with Gasteiger partial charge in [0, 0.05) is 10.0 Å². The number of nitrogens with one attached hydrogen (secondary N) is 1. The molecule has 3 rings (SSSR count). The fourth-order valence-electron chi connectivity index (χ4n) is 2.39. The van der Waals surface area contributed by atoms with Crippen molar-refractivity contribution in [2.24, 2.45) is 0 Å². The number of rotatable bonds is 7. The second-order valence-corrected chi connectivity index (χ2v) is 7.61. The van der Waals surface area contributed by atoms with Gasteiger partial charge >= 0.3 is 0 Å². The molecule has 0 aliphatic rings. The highest BCUT2D eigenvalue weighted by molar-refractivity contribution is 7.98. The SMILES string of the molecule is CSc1nnc(CNC(=O)COc2ccc(Cl)cc2Cl)n1-c1cccc(Cl)c1. The number of aromatic nitrogens is 3. The summed E-state index contributed by atoms with van der Waals surface area (Å²) in [6.45, 7) is -0.0152. The van der Waals surface area contributed by atoms with E-state index in [1.807, 2.05) is 29.0 Å². The van der Waals surface area contributed by atoms with Crippen molar-refractivity contribution >= 4 is 52.5 Å². The summed E-state index contributed by atoms with van der Waals surface area (Å²) in [5.41, 5.74) is 0.815. The van der Waals surface area contributed by atoms with Crippen molar-refractivity contribution in [1.82, 2.24) is 20.1 Å². The van der Waals surface area contributed by atoms with Gasteiger partial charge in [-0.2, -0.15) is 0 Å². The average Bonchev–Trinajstić information content (AvgIpc) is 3.08. The molecule has 1 amide bonds. The predicted molar refractivity (Wildman–Crippen MR) is 112 cm³/mol. The molecule has 0 spiro atoms. The lowest BCUT2D eigenvalue weighted by Crippen LogP contribution is -2.29. The molecule has 0 fully saturated rings. The first-order valence-electron chi connectivity index (χ1n) is 8.06. The van der Waals surface area contributed by atoms with Crippen LogP contribution in [0.15, 0.2) is 47.6 Å². The molecule has 28 heavy (non-hydrogen) atoms. The monoisotopic (exact) mass is 456 g/mol. The molecule has 6 nitrogen and oxygen atoms in total. The van der Waals surface area contributed by atoms with E-state index >= 15 is 0 Å². The summed E-state index contributed by atoms with van der Waals surface area (Å²) >= 11 is 19.4. The molecule has 1 N–H and O–H groups in total. The van der Waals surface area contributed by atoms with Crippen LogP contribution in [-0.2, 0) is 11.3 Å². The van der Waals surface area contributed by atoms with Crippen molar-refractivity contribution in [3.8, 4) is 11.4 Å². The number of nitrogens with zero attached hydrogens (tertiary/aromatic N) is 3. The molecule has 0 aliphatic carbocycles. The van der Waals surface area contributed by atoms with Gasteiger partial charge in [-0.15, -0.1) is 10.2 Å². The van der Waals surface area contributed by atoms with Crippen molar-refractivity contribution in [3.05, 3.63) is 63.4 Å². The van der Waals surface area contributed by atoms with Crippen LogP contribution in [0, 0.1) is 0 Å². The fourth-order valence-corrected chi connectivity index (χ4v) is 3.55. The van der Waals surface area contributed by atoms with E-state index in [0.29, 0.717) is 31.8 Å². The Bertz CT molecular complexity index is 997. The first-order valence-corrected chi connectivity index (χ1v) is 10.4. The van der Waals surface area contributed by atoms with Crippen LogP contribution < -0.4 is 10.1 Å². The molecular formula is C18H15Cl3N4O2S. The smallest absolute Gasteiger partial charge is 0.258 e. The van der Waals surface area contributed by atoms with Gasteiger partial charge in [0.25, 0.3) is 5.91 Å². The molecule has 0 saturated heterocycles. The third kappa shape index (κ3) is 5.11. The Balaban J connectivity index is 1.66. The summed E-state index contributed by atoms with van der Waals surface area (Å²) in [4.78, 5) is 12.2. The molecule has 0 aliphatic heterocycles. The molecule has 0 saturated carbocycles. The first-order chi connectivity index (χ1) is 13.5. The highest BCUT2D eigenvalue weighted by Crippen LogP contribution is 2.27. The third-order valence-electron chi connectivity index (χ3n) is 3.65. The summed E-state index contributed by atoms with van der Waals surface area (Å²) in [7, 11) is 0. The van der Waals surface area contributed by atoms with E-state index in [1.165, 1.54) is 11.8 Å². The highest BCUT2D eigenvalue weighted by Gasteiger charge is 2.15. The third-order valence-corrected chi connectivity index (χ3v) is 5.04. The lowest BCUT2D eigenvalue weighted by molar-refractivity contribution is -0.123. The van der Waals surface area contributed by atoms with E-state index < -0.39 is 0 Å². The molecule has 2 aromatic carbocycles. The molecule has 0 bridgehead atoms. The zero-order chi connectivity index (χ0) is 20.1. The van der Waals surface area contributed by atoms with E-state index in [1.54, 1.807) is 24.3 Å². The lowest BCUT2D eigenvalue weighted by atomic mass is 10.3. The maximum absolute atomic E-state index is 12.2. The summed E-state index contributed by atoms with van der Waals surface area (Å²) in [6, 6.07) is 12.1. The number of ether oxygens (including phenoxy) is 1. The van der Waals surface area contributed by atoms with Gasteiger partial charge in [0.1, 0.15) is 5.75 Å². The van der Waals surface area contributed by atoms with Gasteiger partial charge < -0.3 is 10.1 Å². The Morgan fingerprint density at radius 1 is 1.14 bits per heavy atom. The van der Waals surface area contributed by atoms with Crippen molar-refractivity contribution in [1.29, 1.82) is 0 Å². The zero-order valence-electron chi connectivity index (χ0n) is 14.7. The number of hydrogen-bond acceptors (Lipinski definition) is 5. The standard InChI is InChI=1S/C18H15Cl3N4O2S/c1-28-18-24-23-16(25(18)13-4-2-3-11(19)7-13)9-22-17(26)10-27-15-6-5-12(20)8-14(15)21/h2-8H,9-10H2,1H3,(H,22,26). The van der Waals surface area contributed by atoms with Crippen LogP contribution in [0.5, 0.6) is 5.75 Å². The summed E-state index contributed by atoms with van der Waals surface area (Å²) in [5, 5.41) is 13.2. The zero-order valence-corrected chi connectivity index (χ0v) is 17.7. The number of thioether (sulfide) groups is 1. The van der Waals surface area contributed by atoms with Gasteiger partial charge in [-0.25, -0.2) is 0 Å². The maximum Gasteiger partial charge on any atom is 0.258 e. The van der Waals surface area contributed by atoms with Crippen LogP contribution in [0.2, 0.25) is 15.1 Å². The molecule has 0 unspecified atom stereocenters. The Morgan fingerprint density at radius 2 is 1.93 bits per heavy atom. The Labute approximate surface area is 181 Å². The van der Waals surface area contributed by atoms with E-state index in [-0.39, 0.29) is 19.1 Å². The van der Waals surface area contributed by atoms with Gasteiger partial charge in [-0.05, 0) is 42.7 Å². The number of amides is 1. The van der Waals surface area contributed by atoms with E-state index in [9.17, 15) is 4.79 Å². The van der Waals surface area contributed by atoms with Crippen molar-refractivity contribution in [2.75, 3.05) is 12.9 Å². The minimum absolute atomic E-state index is 0.177. The van der Waals surface area contributed by atoms with Crippen molar-refractivity contribution in [2.45, 2.75) is 11.7 Å². The van der Waals surface area contributed by atoms with Gasteiger partial charge in [0.2, 0.25) is 0 Å². The van der Waals surface area contributed by atoms with Crippen molar-refractivity contribution in [3.63, 3.8) is 0 Å². The lowest BCUT2D eigenvalue weighted by Gasteiger charge is -2.11. The van der Waals surface area contributed by atoms with Crippen LogP contribution in [0.4, 0.5) is 0 Å². The normalized spacial score (nSPS) is 10.7. The second-order valence-electron chi connectivity index (χ2n) is 5.56. The molecule has 0 radical (unpaired) electrons. The van der Waals surface area contributed by atoms with Gasteiger partial charge in [0.15, 0.2) is 17.6 Å². The molecule has 3 aromatic rings. The number of carbonyl (C=O) groups is 1. The summed E-state index contributed by atoms with van der Waals surface area (Å²) in [6.07, 6.45) is 1.90. The van der Waals surface area contributed by atoms with Crippen molar-refractivity contribution < 1.29 is 9.53 Å². The van der Waals surface area contributed by atoms with E-state index in [4.69, 9.17) is 39.5 Å². The average molecular weight is 458 g/mol. The highest BCUT2D eigenvalue weighted by atomic mass is 35.5. The van der Waals surface area contributed by atoms with Crippen LogP contribution >= 0.6 is 46.6 Å². The number of halogens is 3. The van der Waals surface area contributed by atoms with Crippen LogP contribution in [0.3, 0.4) is 0 Å². The molecule has 1 aromatic heterocycles. The largest absolute Gasteiger partial charge is 0.482 e. The van der Waals surface area contributed by atoms with Crippen LogP contribution in [0.25, 0.3) is 5.69 Å². The summed E-state index contributed by atoms with van der Waals surface area (Å²) in [5.74, 6) is 0.634. The minimum Gasteiger partial charge on any atom is -0.482 e. The molecule has 0 atom stereocenters. The first kappa shape index (κ1) is 20.8. The number of carbonyl (C=O) groups excluding carboxylic acids is 1. The molecule has 146 valence electrons. The van der Waals surface area contributed by atoms with Gasteiger partial charge in [-0.1, -0.05) is 52.6 Å². The Hall–Kier alpha value is -1.93. The molecular weight excluding hydrogens is 443 g/mol. The fraction of sp³-hybridized carbons (Fsp3) is 0.167. The number of hydrogen-bond donors (Lipinski definition) is 1.